The zero-order valence-electron chi connectivity index (χ0n) is 7.65. The molecule has 2 N–H and O–H groups in total. The molecule has 1 aliphatic heterocycles. The van der Waals surface area contributed by atoms with E-state index in [1.807, 2.05) is 0 Å². The van der Waals surface area contributed by atoms with Gasteiger partial charge in [-0.1, -0.05) is 13.3 Å². The van der Waals surface area contributed by atoms with Gasteiger partial charge in [-0.2, -0.15) is 0 Å². The minimum absolute atomic E-state index is 0. The number of nitrogens with two attached hydrogens (primary N) is 1. The average molecular weight is 178 g/mol. The Morgan fingerprint density at radius 1 is 1.36 bits per heavy atom. The highest BCUT2D eigenvalue weighted by atomic mass is 35.5. The van der Waals surface area contributed by atoms with E-state index in [4.69, 9.17) is 0 Å². The first-order chi connectivity index (χ1) is 4.83. The molecule has 0 radical (unpaired) electrons. The molecule has 11 heavy (non-hydrogen) atoms. The van der Waals surface area contributed by atoms with Crippen LogP contribution in [0.5, 0.6) is 0 Å². The van der Waals surface area contributed by atoms with Gasteiger partial charge in [0.15, 0.2) is 0 Å². The van der Waals surface area contributed by atoms with Gasteiger partial charge in [0.05, 0.1) is 12.1 Å². The largest absolute Gasteiger partial charge is 1.00 e. The van der Waals surface area contributed by atoms with Gasteiger partial charge in [0.2, 0.25) is 0 Å². The molecule has 0 aromatic rings. The van der Waals surface area contributed by atoms with Gasteiger partial charge >= 0.3 is 0 Å². The van der Waals surface area contributed by atoms with Crippen molar-refractivity contribution in [2.75, 3.05) is 0 Å². The number of halogens is 1. The van der Waals surface area contributed by atoms with Crippen molar-refractivity contribution in [2.45, 2.75) is 58.0 Å². The van der Waals surface area contributed by atoms with E-state index in [9.17, 15) is 0 Å². The molecule has 0 saturated carbocycles. The van der Waals surface area contributed by atoms with Gasteiger partial charge in [-0.25, -0.2) is 0 Å². The molecule has 0 amide bonds. The Labute approximate surface area is 76.4 Å². The Balaban J connectivity index is 0.000001000. The van der Waals surface area contributed by atoms with Crippen LogP contribution in [0.1, 0.15) is 46.0 Å². The molecule has 1 aliphatic rings. The fourth-order valence-electron chi connectivity index (χ4n) is 1.97. The van der Waals surface area contributed by atoms with Crippen LogP contribution in [-0.4, -0.2) is 12.1 Å². The van der Waals surface area contributed by atoms with Crippen molar-refractivity contribution >= 4 is 0 Å². The molecule has 1 saturated heterocycles. The lowest BCUT2D eigenvalue weighted by Gasteiger charge is -2.24. The minimum Gasteiger partial charge on any atom is -1.00 e. The molecule has 1 rings (SSSR count). The third-order valence-corrected chi connectivity index (χ3v) is 2.49. The predicted molar refractivity (Wildman–Crippen MR) is 43.9 cm³/mol. The molecular formula is C9H20ClN. The smallest absolute Gasteiger partial charge is 0.0861 e. The fraction of sp³-hybridized carbons (Fsp3) is 1.00. The van der Waals surface area contributed by atoms with E-state index in [0.29, 0.717) is 0 Å². The van der Waals surface area contributed by atoms with E-state index in [1.165, 1.54) is 32.1 Å². The summed E-state index contributed by atoms with van der Waals surface area (Å²) < 4.78 is 0. The molecule has 0 unspecified atom stereocenters. The quantitative estimate of drug-likeness (QED) is 0.518. The standard InChI is InChI=1S/C9H19N.ClH/c1-3-5-9-7-4-6-8(2)10-9;/h8-10H,3-7H2,1-2H3;1H/t8-,9+;/m0./s1. The molecule has 68 valence electrons. The number of hydrogen-bond donors (Lipinski definition) is 1. The molecule has 2 heteroatoms. The van der Waals surface area contributed by atoms with E-state index < -0.39 is 0 Å². The highest BCUT2D eigenvalue weighted by molar-refractivity contribution is 4.62. The summed E-state index contributed by atoms with van der Waals surface area (Å²) in [6, 6.07) is 1.85. The molecule has 0 aliphatic carbocycles. The Morgan fingerprint density at radius 3 is 2.64 bits per heavy atom. The van der Waals surface area contributed by atoms with Crippen LogP contribution in [0.2, 0.25) is 0 Å². The molecule has 0 aromatic heterocycles. The second kappa shape index (κ2) is 5.84. The first-order valence-corrected chi connectivity index (χ1v) is 4.68. The van der Waals surface area contributed by atoms with Gasteiger partial charge < -0.3 is 17.7 Å². The summed E-state index contributed by atoms with van der Waals surface area (Å²) in [5.74, 6) is 0. The highest BCUT2D eigenvalue weighted by Gasteiger charge is 2.19. The molecule has 2 atom stereocenters. The molecule has 0 aromatic carbocycles. The average Bonchev–Trinajstić information content (AvgIpc) is 1.88. The van der Waals surface area contributed by atoms with Crippen LogP contribution in [0.3, 0.4) is 0 Å². The van der Waals surface area contributed by atoms with E-state index >= 15 is 0 Å². The number of quaternary nitrogens is 1. The van der Waals surface area contributed by atoms with Crippen molar-refractivity contribution in [3.8, 4) is 0 Å². The zero-order chi connectivity index (χ0) is 7.40. The van der Waals surface area contributed by atoms with Crippen LogP contribution < -0.4 is 17.7 Å². The topological polar surface area (TPSA) is 16.6 Å². The zero-order valence-corrected chi connectivity index (χ0v) is 8.40. The monoisotopic (exact) mass is 177 g/mol. The summed E-state index contributed by atoms with van der Waals surface area (Å²) in [6.45, 7) is 4.63. The first-order valence-electron chi connectivity index (χ1n) is 4.68. The van der Waals surface area contributed by atoms with E-state index in [1.54, 1.807) is 0 Å². The van der Waals surface area contributed by atoms with Crippen LogP contribution in [0.4, 0.5) is 0 Å². The van der Waals surface area contributed by atoms with Crippen LogP contribution >= 0.6 is 0 Å². The fourth-order valence-corrected chi connectivity index (χ4v) is 1.97. The van der Waals surface area contributed by atoms with E-state index in [2.05, 4.69) is 19.2 Å². The number of hydrogen-bond acceptors (Lipinski definition) is 0. The van der Waals surface area contributed by atoms with Gasteiger partial charge in [-0.15, -0.1) is 0 Å². The van der Waals surface area contributed by atoms with Crippen molar-refractivity contribution in [3.63, 3.8) is 0 Å². The van der Waals surface area contributed by atoms with Gasteiger partial charge in [0.25, 0.3) is 0 Å². The molecule has 0 spiro atoms. The second-order valence-electron chi connectivity index (χ2n) is 3.65. The van der Waals surface area contributed by atoms with Gasteiger partial charge in [0, 0.05) is 0 Å². The molecular weight excluding hydrogens is 158 g/mol. The summed E-state index contributed by atoms with van der Waals surface area (Å²) >= 11 is 0. The summed E-state index contributed by atoms with van der Waals surface area (Å²) in [5.41, 5.74) is 0. The Kier molecular flexibility index (Phi) is 5.98. The van der Waals surface area contributed by atoms with Crippen molar-refractivity contribution < 1.29 is 17.7 Å². The number of piperidine rings is 1. The Hall–Kier alpha value is 0.250. The second-order valence-corrected chi connectivity index (χ2v) is 3.65. The van der Waals surface area contributed by atoms with Crippen LogP contribution in [0.25, 0.3) is 0 Å². The maximum atomic E-state index is 2.56. The van der Waals surface area contributed by atoms with Crippen molar-refractivity contribution in [1.82, 2.24) is 0 Å². The minimum atomic E-state index is 0. The summed E-state index contributed by atoms with van der Waals surface area (Å²) in [7, 11) is 0. The number of rotatable bonds is 2. The SMILES string of the molecule is CCC[C@@H]1CCC[C@H](C)[NH2+]1.[Cl-]. The molecule has 1 fully saturated rings. The molecule has 1 heterocycles. The third-order valence-electron chi connectivity index (χ3n) is 2.49. The molecule has 1 nitrogen and oxygen atoms in total. The van der Waals surface area contributed by atoms with Crippen LogP contribution in [0, 0.1) is 0 Å². The summed E-state index contributed by atoms with van der Waals surface area (Å²) in [6.07, 6.45) is 7.12. The lowest BCUT2D eigenvalue weighted by Crippen LogP contribution is -3.00. The van der Waals surface area contributed by atoms with Crippen LogP contribution in [0.15, 0.2) is 0 Å². The maximum absolute atomic E-state index is 2.56. The summed E-state index contributed by atoms with van der Waals surface area (Å²) in [5, 5.41) is 2.56. The lowest BCUT2D eigenvalue weighted by atomic mass is 9.97. The molecule has 0 bridgehead atoms. The van der Waals surface area contributed by atoms with Gasteiger partial charge in [0.1, 0.15) is 0 Å². The third kappa shape index (κ3) is 3.97. The van der Waals surface area contributed by atoms with Crippen molar-refractivity contribution in [1.29, 1.82) is 0 Å². The van der Waals surface area contributed by atoms with Gasteiger partial charge in [-0.05, 0) is 32.6 Å². The lowest BCUT2D eigenvalue weighted by molar-refractivity contribution is -0.727. The Bertz CT molecular complexity index is 93.6. The van der Waals surface area contributed by atoms with Crippen molar-refractivity contribution in [2.24, 2.45) is 0 Å². The van der Waals surface area contributed by atoms with E-state index in [0.717, 1.165) is 12.1 Å². The Morgan fingerprint density at radius 2 is 2.09 bits per heavy atom. The van der Waals surface area contributed by atoms with Crippen molar-refractivity contribution in [3.05, 3.63) is 0 Å². The normalized spacial score (nSPS) is 31.1. The maximum Gasteiger partial charge on any atom is 0.0861 e. The van der Waals surface area contributed by atoms with Gasteiger partial charge in [-0.3, -0.25) is 0 Å². The highest BCUT2D eigenvalue weighted by Crippen LogP contribution is 2.09. The van der Waals surface area contributed by atoms with E-state index in [-0.39, 0.29) is 12.4 Å². The van der Waals surface area contributed by atoms with Crippen LogP contribution in [-0.2, 0) is 0 Å². The summed E-state index contributed by atoms with van der Waals surface area (Å²) in [4.78, 5) is 0. The first kappa shape index (κ1) is 11.2. The predicted octanol–water partition coefficient (Wildman–Crippen LogP) is -1.71.